The minimum Gasteiger partial charge on any atom is -0.445 e. The SMILES string of the molecule is CON(C)C(CC(C)C)C(=O)NC(=O)C(CC(C)C)NC(=O)C(CC(C)C)NC(=O)OCc1ccccc1. The zero-order valence-electron chi connectivity index (χ0n) is 24.1. The predicted octanol–water partition coefficient (Wildman–Crippen LogP) is 3.41. The van der Waals surface area contributed by atoms with E-state index in [-0.39, 0.29) is 24.4 Å². The van der Waals surface area contributed by atoms with Crippen LogP contribution in [0.1, 0.15) is 66.4 Å². The molecular weight excluding hydrogens is 488 g/mol. The Bertz CT molecular complexity index is 891. The molecule has 0 heterocycles. The minimum atomic E-state index is -0.962. The van der Waals surface area contributed by atoms with E-state index < -0.39 is 41.9 Å². The van der Waals surface area contributed by atoms with E-state index in [0.717, 1.165) is 5.56 Å². The van der Waals surface area contributed by atoms with Gasteiger partial charge in [-0.05, 0) is 42.6 Å². The van der Waals surface area contributed by atoms with Crippen LogP contribution in [0.2, 0.25) is 0 Å². The van der Waals surface area contributed by atoms with E-state index in [1.807, 2.05) is 71.9 Å². The summed E-state index contributed by atoms with van der Waals surface area (Å²) in [5.74, 6) is -1.30. The van der Waals surface area contributed by atoms with Crippen molar-refractivity contribution in [1.29, 1.82) is 0 Å². The van der Waals surface area contributed by atoms with Crippen LogP contribution in [0.3, 0.4) is 0 Å². The molecule has 0 saturated carbocycles. The summed E-state index contributed by atoms with van der Waals surface area (Å²) in [6.07, 6.45) is 0.410. The first-order valence-electron chi connectivity index (χ1n) is 13.2. The van der Waals surface area contributed by atoms with Crippen LogP contribution >= 0.6 is 0 Å². The normalized spacial score (nSPS) is 13.8. The highest BCUT2D eigenvalue weighted by Crippen LogP contribution is 2.13. The summed E-state index contributed by atoms with van der Waals surface area (Å²) < 4.78 is 5.28. The zero-order valence-corrected chi connectivity index (χ0v) is 24.1. The fourth-order valence-electron chi connectivity index (χ4n) is 3.87. The van der Waals surface area contributed by atoms with Crippen molar-refractivity contribution in [3.63, 3.8) is 0 Å². The maximum absolute atomic E-state index is 13.2. The predicted molar refractivity (Wildman–Crippen MR) is 146 cm³/mol. The number of nitrogens with zero attached hydrogens (tertiary/aromatic N) is 1. The maximum atomic E-state index is 13.2. The van der Waals surface area contributed by atoms with Crippen molar-refractivity contribution >= 4 is 23.8 Å². The third-order valence-corrected chi connectivity index (χ3v) is 5.84. The molecule has 0 saturated heterocycles. The molecule has 0 fully saturated rings. The molecule has 1 aromatic carbocycles. The van der Waals surface area contributed by atoms with Gasteiger partial charge in [-0.15, -0.1) is 0 Å². The summed E-state index contributed by atoms with van der Waals surface area (Å²) in [6, 6.07) is 6.67. The number of carbonyl (C=O) groups excluding carboxylic acids is 4. The smallest absolute Gasteiger partial charge is 0.408 e. The van der Waals surface area contributed by atoms with Gasteiger partial charge in [0.15, 0.2) is 0 Å². The molecule has 3 atom stereocenters. The number of rotatable bonds is 15. The number of benzene rings is 1. The van der Waals surface area contributed by atoms with E-state index in [4.69, 9.17) is 9.57 Å². The molecular formula is C28H46N4O6. The van der Waals surface area contributed by atoms with Crippen molar-refractivity contribution < 1.29 is 28.8 Å². The first kappa shape index (κ1) is 33.0. The molecule has 10 heteroatoms. The zero-order chi connectivity index (χ0) is 28.8. The molecule has 3 N–H and O–H groups in total. The quantitative estimate of drug-likeness (QED) is 0.294. The van der Waals surface area contributed by atoms with Crippen molar-refractivity contribution in [2.75, 3.05) is 14.2 Å². The Morgan fingerprint density at radius 1 is 0.763 bits per heavy atom. The molecule has 4 amide bonds. The number of carbonyl (C=O) groups is 4. The molecule has 3 unspecified atom stereocenters. The highest BCUT2D eigenvalue weighted by atomic mass is 16.7. The molecule has 214 valence electrons. The molecule has 0 aliphatic carbocycles. The van der Waals surface area contributed by atoms with Crippen molar-refractivity contribution in [1.82, 2.24) is 21.0 Å². The van der Waals surface area contributed by atoms with Crippen molar-refractivity contribution in [3.8, 4) is 0 Å². The number of hydrogen-bond donors (Lipinski definition) is 3. The van der Waals surface area contributed by atoms with Crippen LogP contribution in [0.25, 0.3) is 0 Å². The number of hydrogen-bond acceptors (Lipinski definition) is 7. The van der Waals surface area contributed by atoms with Gasteiger partial charge in [0, 0.05) is 7.05 Å². The Hall–Kier alpha value is -2.98. The summed E-state index contributed by atoms with van der Waals surface area (Å²) in [6.45, 7) is 11.7. The van der Waals surface area contributed by atoms with E-state index >= 15 is 0 Å². The van der Waals surface area contributed by atoms with E-state index in [9.17, 15) is 19.2 Å². The van der Waals surface area contributed by atoms with Crippen molar-refractivity contribution in [2.45, 2.75) is 85.5 Å². The molecule has 0 aromatic heterocycles. The van der Waals surface area contributed by atoms with E-state index in [0.29, 0.717) is 19.3 Å². The largest absolute Gasteiger partial charge is 0.445 e. The van der Waals surface area contributed by atoms with Crippen LogP contribution in [-0.2, 0) is 30.6 Å². The van der Waals surface area contributed by atoms with Crippen LogP contribution in [0, 0.1) is 17.8 Å². The van der Waals surface area contributed by atoms with E-state index in [2.05, 4.69) is 16.0 Å². The molecule has 38 heavy (non-hydrogen) atoms. The number of alkyl carbamates (subject to hydrolysis) is 1. The average molecular weight is 535 g/mol. The Morgan fingerprint density at radius 2 is 1.29 bits per heavy atom. The second-order valence-corrected chi connectivity index (χ2v) is 10.8. The van der Waals surface area contributed by atoms with Gasteiger partial charge in [-0.25, -0.2) is 4.79 Å². The van der Waals surface area contributed by atoms with Crippen LogP contribution in [-0.4, -0.2) is 61.2 Å². The van der Waals surface area contributed by atoms with Crippen LogP contribution in [0.5, 0.6) is 0 Å². The van der Waals surface area contributed by atoms with E-state index in [1.54, 1.807) is 7.05 Å². The summed E-state index contributed by atoms with van der Waals surface area (Å²) in [5, 5.41) is 9.22. The third kappa shape index (κ3) is 12.5. The fraction of sp³-hybridized carbons (Fsp3) is 0.643. The minimum absolute atomic E-state index is 0.0570. The summed E-state index contributed by atoms with van der Waals surface area (Å²) in [4.78, 5) is 57.0. The maximum Gasteiger partial charge on any atom is 0.408 e. The lowest BCUT2D eigenvalue weighted by molar-refractivity contribution is -0.164. The lowest BCUT2D eigenvalue weighted by Gasteiger charge is -2.28. The second kappa shape index (κ2) is 16.8. The van der Waals surface area contributed by atoms with Gasteiger partial charge in [0.2, 0.25) is 17.7 Å². The summed E-state index contributed by atoms with van der Waals surface area (Å²) >= 11 is 0. The number of hydroxylamine groups is 2. The number of likely N-dealkylation sites (N-methyl/N-ethyl adjacent to an activating group) is 1. The lowest BCUT2D eigenvalue weighted by Crippen LogP contribution is -2.57. The monoisotopic (exact) mass is 534 g/mol. The molecule has 0 aliphatic heterocycles. The Labute approximate surface area is 227 Å². The van der Waals surface area contributed by atoms with Crippen molar-refractivity contribution in [2.24, 2.45) is 17.8 Å². The average Bonchev–Trinajstić information content (AvgIpc) is 2.84. The molecule has 0 bridgehead atoms. The van der Waals surface area contributed by atoms with Gasteiger partial charge in [-0.3, -0.25) is 19.7 Å². The molecule has 0 spiro atoms. The van der Waals surface area contributed by atoms with Gasteiger partial charge in [-0.1, -0.05) is 71.9 Å². The Balaban J connectivity index is 2.93. The summed E-state index contributed by atoms with van der Waals surface area (Å²) in [7, 11) is 3.08. The Morgan fingerprint density at radius 3 is 1.79 bits per heavy atom. The number of imide groups is 1. The lowest BCUT2D eigenvalue weighted by atomic mass is 9.99. The van der Waals surface area contributed by atoms with Gasteiger partial charge in [0.1, 0.15) is 24.7 Å². The molecule has 1 rings (SSSR count). The first-order valence-corrected chi connectivity index (χ1v) is 13.2. The van der Waals surface area contributed by atoms with Crippen LogP contribution in [0.15, 0.2) is 30.3 Å². The molecule has 10 nitrogen and oxygen atoms in total. The van der Waals surface area contributed by atoms with Gasteiger partial charge in [0.05, 0.1) is 7.11 Å². The number of ether oxygens (including phenoxy) is 1. The molecule has 1 aromatic rings. The highest BCUT2D eigenvalue weighted by Gasteiger charge is 2.32. The van der Waals surface area contributed by atoms with Crippen LogP contribution < -0.4 is 16.0 Å². The first-order chi connectivity index (χ1) is 17.8. The highest BCUT2D eigenvalue weighted by molar-refractivity contribution is 6.01. The fourth-order valence-corrected chi connectivity index (χ4v) is 3.87. The van der Waals surface area contributed by atoms with Gasteiger partial charge in [0.25, 0.3) is 0 Å². The topological polar surface area (TPSA) is 126 Å². The third-order valence-electron chi connectivity index (χ3n) is 5.84. The second-order valence-electron chi connectivity index (χ2n) is 10.8. The summed E-state index contributed by atoms with van der Waals surface area (Å²) in [5.41, 5.74) is 0.820. The number of nitrogens with one attached hydrogen (secondary N) is 3. The standard InChI is InChI=1S/C28H46N4O6/c1-18(2)14-22(26(34)31-27(35)24(16-20(5)6)32(7)37-8)29-25(33)23(15-19(3)4)30-28(36)38-17-21-12-10-9-11-13-21/h9-13,18-20,22-24H,14-17H2,1-8H3,(H,29,33)(H,30,36)(H,31,34,35). The Kier molecular flexibility index (Phi) is 14.6. The molecule has 0 aliphatic rings. The van der Waals surface area contributed by atoms with Crippen LogP contribution in [0.4, 0.5) is 4.79 Å². The van der Waals surface area contributed by atoms with Crippen molar-refractivity contribution in [3.05, 3.63) is 35.9 Å². The van der Waals surface area contributed by atoms with Gasteiger partial charge >= 0.3 is 6.09 Å². The van der Waals surface area contributed by atoms with Gasteiger partial charge < -0.3 is 20.2 Å². The molecule has 0 radical (unpaired) electrons. The van der Waals surface area contributed by atoms with Gasteiger partial charge in [-0.2, -0.15) is 5.06 Å². The number of amides is 4. The van der Waals surface area contributed by atoms with E-state index in [1.165, 1.54) is 12.2 Å².